The largest absolute Gasteiger partial charge is 0.490 e. The van der Waals surface area contributed by atoms with E-state index < -0.39 is 22.5 Å². The van der Waals surface area contributed by atoms with Crippen LogP contribution in [0, 0.1) is 13.8 Å². The van der Waals surface area contributed by atoms with Crippen LogP contribution in [0.3, 0.4) is 0 Å². The normalized spacial score (nSPS) is 11.3. The molecule has 0 aliphatic rings. The third-order valence-corrected chi connectivity index (χ3v) is 8.47. The molecule has 0 fully saturated rings. The second-order valence-corrected chi connectivity index (χ2v) is 11.7. The summed E-state index contributed by atoms with van der Waals surface area (Å²) in [5, 5.41) is 4.71. The zero-order chi connectivity index (χ0) is 30.1. The molecule has 0 heterocycles. The van der Waals surface area contributed by atoms with Gasteiger partial charge < -0.3 is 9.47 Å². The molecular formula is C32H32ClN3O5S. The molecule has 218 valence electrons. The molecule has 0 aliphatic carbocycles. The summed E-state index contributed by atoms with van der Waals surface area (Å²) in [6.07, 6.45) is 1.46. The van der Waals surface area contributed by atoms with E-state index in [1.54, 1.807) is 60.7 Å². The Morgan fingerprint density at radius 2 is 1.67 bits per heavy atom. The van der Waals surface area contributed by atoms with Gasteiger partial charge in [0.15, 0.2) is 11.5 Å². The van der Waals surface area contributed by atoms with Crippen molar-refractivity contribution in [2.75, 3.05) is 17.5 Å². The highest BCUT2D eigenvalue weighted by atomic mass is 35.5. The quantitative estimate of drug-likeness (QED) is 0.151. The highest BCUT2D eigenvalue weighted by Crippen LogP contribution is 2.30. The Morgan fingerprint density at radius 3 is 2.38 bits per heavy atom. The number of amides is 1. The van der Waals surface area contributed by atoms with Gasteiger partial charge in [0.05, 0.1) is 23.4 Å². The lowest BCUT2D eigenvalue weighted by Crippen LogP contribution is -2.40. The Kier molecular flexibility index (Phi) is 10.2. The summed E-state index contributed by atoms with van der Waals surface area (Å²) in [5.74, 6) is 0.486. The number of halogens is 1. The molecule has 0 saturated heterocycles. The van der Waals surface area contributed by atoms with Crippen molar-refractivity contribution in [1.82, 2.24) is 5.43 Å². The van der Waals surface area contributed by atoms with Crippen LogP contribution in [0.2, 0.25) is 5.02 Å². The van der Waals surface area contributed by atoms with Crippen LogP contribution >= 0.6 is 11.6 Å². The van der Waals surface area contributed by atoms with Crippen LogP contribution in [0.5, 0.6) is 11.5 Å². The number of hydrogen-bond acceptors (Lipinski definition) is 6. The molecule has 10 heteroatoms. The third kappa shape index (κ3) is 7.69. The number of aryl methyl sites for hydroxylation is 1. The topological polar surface area (TPSA) is 97.3 Å². The molecule has 42 heavy (non-hydrogen) atoms. The van der Waals surface area contributed by atoms with Crippen LogP contribution in [0.1, 0.15) is 29.2 Å². The van der Waals surface area contributed by atoms with Gasteiger partial charge in [0.2, 0.25) is 0 Å². The van der Waals surface area contributed by atoms with Gasteiger partial charge in [-0.2, -0.15) is 5.10 Å². The van der Waals surface area contributed by atoms with Gasteiger partial charge in [0.25, 0.3) is 15.9 Å². The van der Waals surface area contributed by atoms with Crippen LogP contribution < -0.4 is 19.2 Å². The molecule has 0 unspecified atom stereocenters. The predicted octanol–water partition coefficient (Wildman–Crippen LogP) is 6.28. The van der Waals surface area contributed by atoms with E-state index >= 15 is 0 Å². The minimum absolute atomic E-state index is 0.0871. The van der Waals surface area contributed by atoms with Crippen molar-refractivity contribution in [3.8, 4) is 11.5 Å². The van der Waals surface area contributed by atoms with Gasteiger partial charge in [-0.3, -0.25) is 9.10 Å². The number of hydrazone groups is 1. The molecule has 8 nitrogen and oxygen atoms in total. The van der Waals surface area contributed by atoms with E-state index in [-0.39, 0.29) is 4.90 Å². The molecule has 1 N–H and O–H groups in total. The fourth-order valence-corrected chi connectivity index (χ4v) is 5.73. The Hall–Kier alpha value is -4.34. The zero-order valence-electron chi connectivity index (χ0n) is 23.6. The van der Waals surface area contributed by atoms with Crippen molar-refractivity contribution in [3.63, 3.8) is 0 Å². The second kappa shape index (κ2) is 14.0. The number of carbonyl (C=O) groups excluding carboxylic acids is 1. The highest BCUT2D eigenvalue weighted by Gasteiger charge is 2.28. The third-order valence-electron chi connectivity index (χ3n) is 6.44. The minimum atomic E-state index is -4.03. The Bertz CT molecular complexity index is 1660. The molecule has 0 saturated carbocycles. The summed E-state index contributed by atoms with van der Waals surface area (Å²) in [5.41, 5.74) is 6.15. The number of sulfonamides is 1. The summed E-state index contributed by atoms with van der Waals surface area (Å²) in [6.45, 7) is 5.89. The van der Waals surface area contributed by atoms with Gasteiger partial charge in [-0.1, -0.05) is 54.1 Å². The molecule has 4 aromatic carbocycles. The summed E-state index contributed by atoms with van der Waals surface area (Å²) >= 11 is 5.96. The first-order valence-electron chi connectivity index (χ1n) is 13.3. The van der Waals surface area contributed by atoms with Gasteiger partial charge >= 0.3 is 0 Å². The van der Waals surface area contributed by atoms with E-state index in [0.717, 1.165) is 21.0 Å². The molecule has 0 bridgehead atoms. The van der Waals surface area contributed by atoms with Crippen molar-refractivity contribution in [1.29, 1.82) is 0 Å². The second-order valence-electron chi connectivity index (χ2n) is 9.39. The fraction of sp³-hybridized carbons (Fsp3) is 0.188. The van der Waals surface area contributed by atoms with Crippen LogP contribution in [0.15, 0.2) is 101 Å². The van der Waals surface area contributed by atoms with E-state index in [1.807, 2.05) is 39.0 Å². The first kappa shape index (κ1) is 30.6. The monoisotopic (exact) mass is 605 g/mol. The lowest BCUT2D eigenvalue weighted by Gasteiger charge is -2.26. The Morgan fingerprint density at radius 1 is 0.929 bits per heavy atom. The fourth-order valence-electron chi connectivity index (χ4n) is 4.10. The number of carbonyl (C=O) groups is 1. The smallest absolute Gasteiger partial charge is 0.264 e. The first-order valence-corrected chi connectivity index (χ1v) is 15.1. The summed E-state index contributed by atoms with van der Waals surface area (Å²) in [7, 11) is -4.03. The van der Waals surface area contributed by atoms with Crippen molar-refractivity contribution in [2.24, 2.45) is 5.10 Å². The van der Waals surface area contributed by atoms with Crippen LogP contribution in [0.4, 0.5) is 5.69 Å². The standard InChI is InChI=1S/C32H32ClN3O5S/c1-4-40-31-19-26(15-18-30(31)41-22-25-13-16-27(33)17-14-25)20-34-35-32(37)21-36(29-12-8-9-23(2)24(29)3)42(38,39)28-10-6-5-7-11-28/h5-20H,4,21-22H2,1-3H3,(H,35,37)/b34-20+. The number of ether oxygens (including phenoxy) is 2. The SMILES string of the molecule is CCOc1cc(/C=N/NC(=O)CN(c2cccc(C)c2C)S(=O)(=O)c2ccccc2)ccc1OCc1ccc(Cl)cc1. The van der Waals surface area contributed by atoms with Gasteiger partial charge in [-0.05, 0) is 91.6 Å². The van der Waals surface area contributed by atoms with Gasteiger partial charge in [-0.15, -0.1) is 0 Å². The van der Waals surface area contributed by atoms with Gasteiger partial charge in [-0.25, -0.2) is 13.8 Å². The van der Waals surface area contributed by atoms with Crippen molar-refractivity contribution < 1.29 is 22.7 Å². The van der Waals surface area contributed by atoms with Gasteiger partial charge in [0.1, 0.15) is 13.2 Å². The molecule has 0 spiro atoms. The summed E-state index contributed by atoms with van der Waals surface area (Å²) in [4.78, 5) is 13.1. The molecule has 0 aliphatic heterocycles. The molecule has 0 atom stereocenters. The van der Waals surface area contributed by atoms with Crippen molar-refractivity contribution >= 4 is 39.4 Å². The van der Waals surface area contributed by atoms with E-state index in [1.165, 1.54) is 18.3 Å². The van der Waals surface area contributed by atoms with Crippen LogP contribution in [0.25, 0.3) is 0 Å². The number of benzene rings is 4. The Balaban J connectivity index is 1.48. The lowest BCUT2D eigenvalue weighted by molar-refractivity contribution is -0.119. The molecule has 0 aromatic heterocycles. The molecule has 1 amide bonds. The zero-order valence-corrected chi connectivity index (χ0v) is 25.2. The van der Waals surface area contributed by atoms with E-state index in [4.69, 9.17) is 21.1 Å². The Labute approximate surface area is 251 Å². The average molecular weight is 606 g/mol. The molecule has 4 aromatic rings. The van der Waals surface area contributed by atoms with E-state index in [9.17, 15) is 13.2 Å². The molecule has 4 rings (SSSR count). The lowest BCUT2D eigenvalue weighted by atomic mass is 10.1. The minimum Gasteiger partial charge on any atom is -0.490 e. The number of nitrogens with one attached hydrogen (secondary N) is 1. The molecule has 0 radical (unpaired) electrons. The van der Waals surface area contributed by atoms with Crippen LogP contribution in [-0.4, -0.2) is 33.7 Å². The maximum absolute atomic E-state index is 13.6. The highest BCUT2D eigenvalue weighted by molar-refractivity contribution is 7.92. The number of anilines is 1. The number of hydrogen-bond donors (Lipinski definition) is 1. The predicted molar refractivity (Wildman–Crippen MR) is 166 cm³/mol. The average Bonchev–Trinajstić information content (AvgIpc) is 2.98. The maximum atomic E-state index is 13.6. The van der Waals surface area contributed by atoms with E-state index in [2.05, 4.69) is 10.5 Å². The number of rotatable bonds is 12. The van der Waals surface area contributed by atoms with Gasteiger partial charge in [0, 0.05) is 5.02 Å². The van der Waals surface area contributed by atoms with Crippen molar-refractivity contribution in [3.05, 3.63) is 118 Å². The van der Waals surface area contributed by atoms with E-state index in [0.29, 0.717) is 41.0 Å². The van der Waals surface area contributed by atoms with Crippen LogP contribution in [-0.2, 0) is 21.4 Å². The maximum Gasteiger partial charge on any atom is 0.264 e. The summed E-state index contributed by atoms with van der Waals surface area (Å²) in [6, 6.07) is 26.0. The number of nitrogens with zero attached hydrogens (tertiary/aromatic N) is 2. The summed E-state index contributed by atoms with van der Waals surface area (Å²) < 4.78 is 40.0. The first-order chi connectivity index (χ1) is 20.2. The molecular weight excluding hydrogens is 574 g/mol. The van der Waals surface area contributed by atoms with Crippen molar-refractivity contribution in [2.45, 2.75) is 32.3 Å².